The maximum absolute atomic E-state index is 11.0. The van der Waals surface area contributed by atoms with Crippen LogP contribution in [0.5, 0.6) is 0 Å². The second kappa shape index (κ2) is 5.99. The first-order valence-electron chi connectivity index (χ1n) is 6.94. The molecule has 1 aromatic heterocycles. The zero-order valence-corrected chi connectivity index (χ0v) is 13.0. The molecular weight excluding hydrogens is 334 g/mol. The number of nitro groups is 1. The monoisotopic (exact) mass is 349 g/mol. The molecule has 1 heterocycles. The highest BCUT2D eigenvalue weighted by Crippen LogP contribution is 2.29. The predicted molar refractivity (Wildman–Crippen MR) is 84.2 cm³/mol. The summed E-state index contributed by atoms with van der Waals surface area (Å²) in [7, 11) is 0. The number of hydrogen-bond acceptors (Lipinski definition) is 3. The third-order valence-electron chi connectivity index (χ3n) is 3.67. The molecule has 1 N–H and O–H groups in total. The molecule has 6 heteroatoms. The third-order valence-corrected chi connectivity index (χ3v) is 4.58. The van der Waals surface area contributed by atoms with Crippen molar-refractivity contribution in [3.05, 3.63) is 62.4 Å². The van der Waals surface area contributed by atoms with Gasteiger partial charge in [0.05, 0.1) is 4.92 Å². The summed E-state index contributed by atoms with van der Waals surface area (Å²) in [6.45, 7) is 1.46. The normalized spacial score (nSPS) is 14.3. The van der Waals surface area contributed by atoms with E-state index in [1.807, 2.05) is 18.3 Å². The van der Waals surface area contributed by atoms with Gasteiger partial charge in [-0.25, -0.2) is 0 Å². The second-order valence-electron chi connectivity index (χ2n) is 5.29. The van der Waals surface area contributed by atoms with Crippen LogP contribution < -0.4 is 5.32 Å². The van der Waals surface area contributed by atoms with E-state index in [9.17, 15) is 10.1 Å². The van der Waals surface area contributed by atoms with E-state index in [2.05, 4.69) is 31.9 Å². The van der Waals surface area contributed by atoms with Crippen molar-refractivity contribution in [2.24, 2.45) is 0 Å². The standard InChI is InChI=1S/C15H16BrN3O2/c16-15-11(3-1-5-14(15)19(20)21)10-18-8-2-4-13(18)9-17-12-6-7-12/h1-5,8,12,17H,6-7,9-10H2. The SMILES string of the molecule is O=[N+]([O-])c1cccc(Cn2cccc2CNC2CC2)c1Br. The molecule has 21 heavy (non-hydrogen) atoms. The Balaban J connectivity index is 1.78. The molecule has 0 bridgehead atoms. The molecule has 0 unspecified atom stereocenters. The number of hydrogen-bond donors (Lipinski definition) is 1. The van der Waals surface area contributed by atoms with Gasteiger partial charge < -0.3 is 9.88 Å². The van der Waals surface area contributed by atoms with E-state index in [1.165, 1.54) is 24.6 Å². The van der Waals surface area contributed by atoms with Gasteiger partial charge >= 0.3 is 0 Å². The fourth-order valence-electron chi connectivity index (χ4n) is 2.31. The van der Waals surface area contributed by atoms with E-state index < -0.39 is 0 Å². The van der Waals surface area contributed by atoms with Crippen molar-refractivity contribution < 1.29 is 4.92 Å². The van der Waals surface area contributed by atoms with Gasteiger partial charge in [-0.05, 0) is 46.5 Å². The fourth-order valence-corrected chi connectivity index (χ4v) is 2.85. The van der Waals surface area contributed by atoms with E-state index in [1.54, 1.807) is 6.07 Å². The number of nitro benzene ring substituents is 1. The van der Waals surface area contributed by atoms with Gasteiger partial charge in [0.2, 0.25) is 0 Å². The number of benzene rings is 1. The molecule has 5 nitrogen and oxygen atoms in total. The largest absolute Gasteiger partial charge is 0.346 e. The lowest BCUT2D eigenvalue weighted by atomic mass is 10.2. The van der Waals surface area contributed by atoms with E-state index in [0.717, 1.165) is 12.1 Å². The molecule has 110 valence electrons. The Labute approximate surface area is 131 Å². The highest BCUT2D eigenvalue weighted by Gasteiger charge is 2.20. The van der Waals surface area contributed by atoms with Gasteiger partial charge in [0.25, 0.3) is 5.69 Å². The first kappa shape index (κ1) is 14.3. The lowest BCUT2D eigenvalue weighted by Crippen LogP contribution is -2.18. The van der Waals surface area contributed by atoms with E-state index in [0.29, 0.717) is 17.1 Å². The molecule has 1 saturated carbocycles. The molecule has 0 aliphatic heterocycles. The van der Waals surface area contributed by atoms with Crippen LogP contribution in [0.2, 0.25) is 0 Å². The Morgan fingerprint density at radius 3 is 2.86 bits per heavy atom. The zero-order valence-electron chi connectivity index (χ0n) is 11.5. The van der Waals surface area contributed by atoms with Crippen molar-refractivity contribution in [1.82, 2.24) is 9.88 Å². The van der Waals surface area contributed by atoms with Crippen LogP contribution in [0.3, 0.4) is 0 Å². The number of halogens is 1. The Hall–Kier alpha value is -1.66. The summed E-state index contributed by atoms with van der Waals surface area (Å²) >= 11 is 3.35. The second-order valence-corrected chi connectivity index (χ2v) is 6.08. The topological polar surface area (TPSA) is 60.1 Å². The highest BCUT2D eigenvalue weighted by atomic mass is 79.9. The van der Waals surface area contributed by atoms with Gasteiger partial charge in [-0.3, -0.25) is 10.1 Å². The highest BCUT2D eigenvalue weighted by molar-refractivity contribution is 9.10. The molecule has 1 aliphatic carbocycles. The first-order valence-corrected chi connectivity index (χ1v) is 7.73. The van der Waals surface area contributed by atoms with Gasteiger partial charge in [0.15, 0.2) is 0 Å². The van der Waals surface area contributed by atoms with Crippen molar-refractivity contribution >= 4 is 21.6 Å². The number of nitrogens with one attached hydrogen (secondary N) is 1. The van der Waals surface area contributed by atoms with Gasteiger partial charge in [0.1, 0.15) is 4.47 Å². The van der Waals surface area contributed by atoms with Gasteiger partial charge in [0, 0.05) is 37.1 Å². The lowest BCUT2D eigenvalue weighted by molar-refractivity contribution is -0.385. The quantitative estimate of drug-likeness (QED) is 0.641. The van der Waals surface area contributed by atoms with Crippen LogP contribution in [0.4, 0.5) is 5.69 Å². The molecule has 1 aromatic carbocycles. The third kappa shape index (κ3) is 3.33. The van der Waals surface area contributed by atoms with Gasteiger partial charge in [-0.15, -0.1) is 0 Å². The molecule has 2 aromatic rings. The Kier molecular flexibility index (Phi) is 4.07. The maximum atomic E-state index is 11.0. The van der Waals surface area contributed by atoms with Crippen LogP contribution in [0.15, 0.2) is 41.0 Å². The Morgan fingerprint density at radius 2 is 2.14 bits per heavy atom. The average molecular weight is 350 g/mol. The summed E-state index contributed by atoms with van der Waals surface area (Å²) < 4.78 is 2.68. The molecule has 0 saturated heterocycles. The summed E-state index contributed by atoms with van der Waals surface area (Å²) in [5.41, 5.74) is 2.21. The molecule has 1 fully saturated rings. The smallest absolute Gasteiger partial charge is 0.283 e. The van der Waals surface area contributed by atoms with Crippen LogP contribution in [-0.4, -0.2) is 15.5 Å². The average Bonchev–Trinajstić information content (AvgIpc) is 3.18. The summed E-state index contributed by atoms with van der Waals surface area (Å²) in [5, 5.41) is 14.5. The molecule has 0 spiro atoms. The van der Waals surface area contributed by atoms with Crippen molar-refractivity contribution in [3.8, 4) is 0 Å². The fraction of sp³-hybridized carbons (Fsp3) is 0.333. The first-order chi connectivity index (χ1) is 10.1. The van der Waals surface area contributed by atoms with Gasteiger partial charge in [-0.1, -0.05) is 12.1 Å². The Bertz CT molecular complexity index is 665. The summed E-state index contributed by atoms with van der Waals surface area (Å²) in [6.07, 6.45) is 4.53. The number of aromatic nitrogens is 1. The maximum Gasteiger partial charge on any atom is 0.283 e. The van der Waals surface area contributed by atoms with Crippen molar-refractivity contribution in [2.45, 2.75) is 32.0 Å². The van der Waals surface area contributed by atoms with Crippen molar-refractivity contribution in [3.63, 3.8) is 0 Å². The molecule has 0 atom stereocenters. The van der Waals surface area contributed by atoms with Crippen LogP contribution in [0, 0.1) is 10.1 Å². The summed E-state index contributed by atoms with van der Waals surface area (Å²) in [4.78, 5) is 10.6. The summed E-state index contributed by atoms with van der Waals surface area (Å²) in [5.74, 6) is 0. The van der Waals surface area contributed by atoms with E-state index in [-0.39, 0.29) is 10.6 Å². The van der Waals surface area contributed by atoms with Crippen LogP contribution >= 0.6 is 15.9 Å². The molecular formula is C15H16BrN3O2. The predicted octanol–water partition coefficient (Wildman–Crippen LogP) is 3.46. The number of nitrogens with zero attached hydrogens (tertiary/aromatic N) is 2. The minimum Gasteiger partial charge on any atom is -0.346 e. The molecule has 3 rings (SSSR count). The van der Waals surface area contributed by atoms with Crippen LogP contribution in [0.1, 0.15) is 24.1 Å². The van der Waals surface area contributed by atoms with E-state index in [4.69, 9.17) is 0 Å². The number of rotatable bonds is 6. The van der Waals surface area contributed by atoms with Crippen molar-refractivity contribution in [1.29, 1.82) is 0 Å². The van der Waals surface area contributed by atoms with E-state index >= 15 is 0 Å². The summed E-state index contributed by atoms with van der Waals surface area (Å²) in [6, 6.07) is 9.91. The van der Waals surface area contributed by atoms with Crippen LogP contribution in [-0.2, 0) is 13.1 Å². The van der Waals surface area contributed by atoms with Crippen molar-refractivity contribution in [2.75, 3.05) is 0 Å². The Morgan fingerprint density at radius 1 is 1.33 bits per heavy atom. The minimum atomic E-state index is -0.362. The zero-order chi connectivity index (χ0) is 14.8. The molecule has 0 radical (unpaired) electrons. The minimum absolute atomic E-state index is 0.109. The molecule has 0 amide bonds. The van der Waals surface area contributed by atoms with Crippen LogP contribution in [0.25, 0.3) is 0 Å². The lowest BCUT2D eigenvalue weighted by Gasteiger charge is -2.11. The molecule has 1 aliphatic rings. The van der Waals surface area contributed by atoms with Gasteiger partial charge in [-0.2, -0.15) is 0 Å².